The molecule has 3 heterocycles. The monoisotopic (exact) mass is 441 g/mol. The summed E-state index contributed by atoms with van der Waals surface area (Å²) in [6.07, 6.45) is 2.00. The summed E-state index contributed by atoms with van der Waals surface area (Å²) in [5, 5.41) is 5.80. The number of nitrogens with one attached hydrogen (secondary N) is 2. The van der Waals surface area contributed by atoms with Gasteiger partial charge in [0.05, 0.1) is 24.5 Å². The second-order valence-electron chi connectivity index (χ2n) is 7.70. The smallest absolute Gasteiger partial charge is 0.414 e. The molecule has 4 rings (SSSR count). The highest BCUT2D eigenvalue weighted by molar-refractivity contribution is 6.02. The molecule has 1 aromatic heterocycles. The van der Waals surface area contributed by atoms with E-state index in [2.05, 4.69) is 15.6 Å². The standard InChI is InChI=1S/C22H24FN5O4/c1-14(29)26-11-17-13-28(22(31)32-17)16-2-3-19(18(23)10-16)27-9-8-25-12-20(27)21(30)15-4-6-24-7-5-15/h2-7,10,17,20,25H,8-9,11-13H2,1H3,(H,26,29). The Hall–Kier alpha value is -3.53. The summed E-state index contributed by atoms with van der Waals surface area (Å²) in [7, 11) is 0. The highest BCUT2D eigenvalue weighted by Crippen LogP contribution is 2.30. The van der Waals surface area contributed by atoms with Crippen LogP contribution in [0.15, 0.2) is 42.7 Å². The first kappa shape index (κ1) is 21.7. The zero-order valence-electron chi connectivity index (χ0n) is 17.6. The first-order chi connectivity index (χ1) is 15.4. The number of cyclic esters (lactones) is 1. The molecule has 2 atom stereocenters. The van der Waals surface area contributed by atoms with Crippen LogP contribution in [0.1, 0.15) is 17.3 Å². The van der Waals surface area contributed by atoms with Crippen LogP contribution in [0, 0.1) is 5.82 Å². The minimum absolute atomic E-state index is 0.119. The van der Waals surface area contributed by atoms with Gasteiger partial charge in [0, 0.05) is 44.5 Å². The molecule has 2 aliphatic rings. The SMILES string of the molecule is CC(=O)NCC1CN(c2ccc(N3CCNCC3C(=O)c3ccncc3)c(F)c2)C(=O)O1. The van der Waals surface area contributed by atoms with E-state index in [1.165, 1.54) is 17.9 Å². The van der Waals surface area contributed by atoms with Crippen molar-refractivity contribution in [2.75, 3.05) is 42.5 Å². The van der Waals surface area contributed by atoms with Gasteiger partial charge in [-0.05, 0) is 30.3 Å². The molecule has 0 bridgehead atoms. The maximum Gasteiger partial charge on any atom is 0.414 e. The average molecular weight is 441 g/mol. The number of aromatic nitrogens is 1. The van der Waals surface area contributed by atoms with Gasteiger partial charge < -0.3 is 20.3 Å². The number of amides is 2. The molecule has 32 heavy (non-hydrogen) atoms. The van der Waals surface area contributed by atoms with Crippen molar-refractivity contribution in [1.29, 1.82) is 0 Å². The van der Waals surface area contributed by atoms with E-state index < -0.39 is 24.1 Å². The molecule has 168 valence electrons. The summed E-state index contributed by atoms with van der Waals surface area (Å²) in [6.45, 7) is 3.25. The Morgan fingerprint density at radius 2 is 2.06 bits per heavy atom. The van der Waals surface area contributed by atoms with E-state index in [0.717, 1.165) is 0 Å². The summed E-state index contributed by atoms with van der Waals surface area (Å²) in [4.78, 5) is 43.4. The van der Waals surface area contributed by atoms with Crippen LogP contribution < -0.4 is 20.4 Å². The van der Waals surface area contributed by atoms with Crippen LogP contribution in [0.4, 0.5) is 20.6 Å². The van der Waals surface area contributed by atoms with Gasteiger partial charge in [-0.25, -0.2) is 9.18 Å². The van der Waals surface area contributed by atoms with E-state index in [9.17, 15) is 14.4 Å². The molecule has 2 N–H and O–H groups in total. The molecular weight excluding hydrogens is 417 g/mol. The van der Waals surface area contributed by atoms with Crippen LogP contribution in [0.2, 0.25) is 0 Å². The topological polar surface area (TPSA) is 104 Å². The Balaban J connectivity index is 1.52. The lowest BCUT2D eigenvalue weighted by molar-refractivity contribution is -0.119. The number of carbonyl (C=O) groups excluding carboxylic acids is 3. The number of rotatable bonds is 6. The van der Waals surface area contributed by atoms with Crippen LogP contribution in [0.5, 0.6) is 0 Å². The highest BCUT2D eigenvalue weighted by atomic mass is 19.1. The third-order valence-electron chi connectivity index (χ3n) is 5.52. The summed E-state index contributed by atoms with van der Waals surface area (Å²) >= 11 is 0. The molecule has 2 amide bonds. The molecule has 0 aliphatic carbocycles. The summed E-state index contributed by atoms with van der Waals surface area (Å²) in [6, 6.07) is 7.21. The minimum Gasteiger partial charge on any atom is -0.442 e. The number of nitrogens with zero attached hydrogens (tertiary/aromatic N) is 3. The Labute approximate surface area is 184 Å². The van der Waals surface area contributed by atoms with Crippen molar-refractivity contribution in [2.45, 2.75) is 19.1 Å². The number of pyridine rings is 1. The quantitative estimate of drug-likeness (QED) is 0.652. The van der Waals surface area contributed by atoms with Crippen LogP contribution in [-0.2, 0) is 9.53 Å². The van der Waals surface area contributed by atoms with Crippen molar-refractivity contribution >= 4 is 29.2 Å². The van der Waals surface area contributed by atoms with Crippen molar-refractivity contribution in [3.05, 3.63) is 54.1 Å². The molecular formula is C22H24FN5O4. The largest absolute Gasteiger partial charge is 0.442 e. The van der Waals surface area contributed by atoms with Gasteiger partial charge in [-0.1, -0.05) is 0 Å². The summed E-state index contributed by atoms with van der Waals surface area (Å²) in [5.74, 6) is -0.871. The maximum atomic E-state index is 15.2. The van der Waals surface area contributed by atoms with E-state index >= 15 is 4.39 Å². The minimum atomic E-state index is -0.597. The molecule has 1 aromatic carbocycles. The Morgan fingerprint density at radius 1 is 1.28 bits per heavy atom. The van der Waals surface area contributed by atoms with Crippen molar-refractivity contribution in [2.24, 2.45) is 0 Å². The molecule has 10 heteroatoms. The molecule has 2 aromatic rings. The third kappa shape index (κ3) is 4.54. The van der Waals surface area contributed by atoms with Gasteiger partial charge >= 0.3 is 6.09 Å². The van der Waals surface area contributed by atoms with Crippen LogP contribution in [-0.4, -0.2) is 67.6 Å². The summed E-state index contributed by atoms with van der Waals surface area (Å²) < 4.78 is 20.4. The van der Waals surface area contributed by atoms with E-state index in [0.29, 0.717) is 36.6 Å². The fraction of sp³-hybridized carbons (Fsp3) is 0.364. The molecule has 2 unspecified atom stereocenters. The first-order valence-electron chi connectivity index (χ1n) is 10.4. The van der Waals surface area contributed by atoms with Gasteiger partial charge in [-0.2, -0.15) is 0 Å². The zero-order valence-corrected chi connectivity index (χ0v) is 17.6. The van der Waals surface area contributed by atoms with Crippen LogP contribution >= 0.6 is 0 Å². The van der Waals surface area contributed by atoms with E-state index in [1.807, 2.05) is 0 Å². The first-order valence-corrected chi connectivity index (χ1v) is 10.4. The van der Waals surface area contributed by atoms with Crippen LogP contribution in [0.25, 0.3) is 0 Å². The second kappa shape index (κ2) is 9.31. The zero-order chi connectivity index (χ0) is 22.7. The number of hydrogen-bond donors (Lipinski definition) is 2. The average Bonchev–Trinajstić information content (AvgIpc) is 3.18. The van der Waals surface area contributed by atoms with Gasteiger partial charge in [0.15, 0.2) is 5.78 Å². The predicted octanol–water partition coefficient (Wildman–Crippen LogP) is 1.34. The lowest BCUT2D eigenvalue weighted by atomic mass is 10.0. The van der Waals surface area contributed by atoms with E-state index in [4.69, 9.17) is 4.74 Å². The number of anilines is 2. The fourth-order valence-electron chi connectivity index (χ4n) is 3.93. The molecule has 0 spiro atoms. The molecule has 0 saturated carbocycles. The van der Waals surface area contributed by atoms with Gasteiger partial charge in [0.1, 0.15) is 18.0 Å². The number of Topliss-reactive ketones (excluding diaryl/α,β-unsaturated/α-hetero) is 1. The molecule has 2 fully saturated rings. The maximum absolute atomic E-state index is 15.2. The normalized spacial score (nSPS) is 20.8. The fourth-order valence-corrected chi connectivity index (χ4v) is 3.93. The molecule has 0 radical (unpaired) electrons. The molecule has 9 nitrogen and oxygen atoms in total. The lowest BCUT2D eigenvalue weighted by Gasteiger charge is -2.37. The summed E-state index contributed by atoms with van der Waals surface area (Å²) in [5.41, 5.74) is 1.17. The number of piperazine rings is 1. The van der Waals surface area contributed by atoms with E-state index in [-0.39, 0.29) is 24.8 Å². The number of carbonyl (C=O) groups is 3. The Kier molecular flexibility index (Phi) is 6.31. The number of hydrogen-bond acceptors (Lipinski definition) is 7. The van der Waals surface area contributed by atoms with Crippen molar-refractivity contribution in [3.63, 3.8) is 0 Å². The second-order valence-corrected chi connectivity index (χ2v) is 7.70. The number of ketones is 1. The van der Waals surface area contributed by atoms with Gasteiger partial charge in [-0.15, -0.1) is 0 Å². The van der Waals surface area contributed by atoms with Crippen molar-refractivity contribution in [1.82, 2.24) is 15.6 Å². The Morgan fingerprint density at radius 3 is 2.78 bits per heavy atom. The van der Waals surface area contributed by atoms with E-state index in [1.54, 1.807) is 41.6 Å². The van der Waals surface area contributed by atoms with Gasteiger partial charge in [0.2, 0.25) is 5.91 Å². The van der Waals surface area contributed by atoms with Crippen LogP contribution in [0.3, 0.4) is 0 Å². The van der Waals surface area contributed by atoms with Gasteiger partial charge in [0.25, 0.3) is 0 Å². The predicted molar refractivity (Wildman–Crippen MR) is 115 cm³/mol. The number of halogens is 1. The molecule has 2 saturated heterocycles. The van der Waals surface area contributed by atoms with Crippen molar-refractivity contribution < 1.29 is 23.5 Å². The number of ether oxygens (including phenoxy) is 1. The molecule has 2 aliphatic heterocycles. The third-order valence-corrected chi connectivity index (χ3v) is 5.52. The number of benzene rings is 1. The van der Waals surface area contributed by atoms with Gasteiger partial charge in [-0.3, -0.25) is 19.5 Å². The van der Waals surface area contributed by atoms with Crippen molar-refractivity contribution in [3.8, 4) is 0 Å². The lowest BCUT2D eigenvalue weighted by Crippen LogP contribution is -2.55. The Bertz CT molecular complexity index is 1020. The highest BCUT2D eigenvalue weighted by Gasteiger charge is 2.34.